The number of hydrogen-bond donors (Lipinski definition) is 1. The average molecular weight is 413 g/mol. The molecule has 30 heavy (non-hydrogen) atoms. The van der Waals surface area contributed by atoms with Crippen molar-refractivity contribution in [1.82, 2.24) is 20.1 Å². The standard InChI is InChI=1S/C23H33FN6/c1-4-25-23(28(3)18-19-6-9-21(24)10-7-19)27-17-20-8-11-22(26-16-20)30-14-12-29(5-2)13-15-30/h6-11,16H,4-5,12-15,17-18H2,1-3H3,(H,25,27). The molecule has 3 rings (SSSR count). The number of likely N-dealkylation sites (N-methyl/N-ethyl adjacent to an activating group) is 1. The van der Waals surface area contributed by atoms with E-state index in [-0.39, 0.29) is 5.82 Å². The summed E-state index contributed by atoms with van der Waals surface area (Å²) in [5.74, 6) is 1.64. The number of hydrogen-bond acceptors (Lipinski definition) is 4. The molecule has 0 amide bonds. The highest BCUT2D eigenvalue weighted by atomic mass is 19.1. The zero-order valence-corrected chi connectivity index (χ0v) is 18.3. The van der Waals surface area contributed by atoms with Crippen LogP contribution in [0.15, 0.2) is 47.6 Å². The summed E-state index contributed by atoms with van der Waals surface area (Å²) in [5.41, 5.74) is 2.12. The minimum Gasteiger partial charge on any atom is -0.357 e. The van der Waals surface area contributed by atoms with Crippen molar-refractivity contribution in [3.8, 4) is 0 Å². The Kier molecular flexibility index (Phi) is 8.02. The van der Waals surface area contributed by atoms with Crippen LogP contribution in [0.25, 0.3) is 0 Å². The maximum atomic E-state index is 13.1. The molecular formula is C23H33FN6. The van der Waals surface area contributed by atoms with E-state index in [0.29, 0.717) is 13.1 Å². The second-order valence-electron chi connectivity index (χ2n) is 7.60. The van der Waals surface area contributed by atoms with Crippen LogP contribution < -0.4 is 10.2 Å². The summed E-state index contributed by atoms with van der Waals surface area (Å²) >= 11 is 0. The van der Waals surface area contributed by atoms with Crippen LogP contribution >= 0.6 is 0 Å². The van der Waals surface area contributed by atoms with Gasteiger partial charge < -0.3 is 20.0 Å². The van der Waals surface area contributed by atoms with Gasteiger partial charge in [0.15, 0.2) is 5.96 Å². The number of aliphatic imine (C=N–C) groups is 1. The normalized spacial score (nSPS) is 15.3. The number of piperazine rings is 1. The number of benzene rings is 1. The zero-order valence-electron chi connectivity index (χ0n) is 18.3. The highest BCUT2D eigenvalue weighted by Gasteiger charge is 2.16. The third kappa shape index (κ3) is 6.16. The lowest BCUT2D eigenvalue weighted by atomic mass is 10.2. The van der Waals surface area contributed by atoms with Gasteiger partial charge in [-0.15, -0.1) is 0 Å². The van der Waals surface area contributed by atoms with E-state index in [4.69, 9.17) is 4.99 Å². The molecule has 0 saturated carbocycles. The van der Waals surface area contributed by atoms with E-state index in [9.17, 15) is 4.39 Å². The molecule has 1 aliphatic heterocycles. The molecule has 0 spiro atoms. The highest BCUT2D eigenvalue weighted by molar-refractivity contribution is 5.79. The van der Waals surface area contributed by atoms with Crippen molar-refractivity contribution in [2.75, 3.05) is 51.2 Å². The molecule has 2 aromatic rings. The highest BCUT2D eigenvalue weighted by Crippen LogP contribution is 2.14. The van der Waals surface area contributed by atoms with Crippen LogP contribution in [0.3, 0.4) is 0 Å². The van der Waals surface area contributed by atoms with Crippen molar-refractivity contribution < 1.29 is 4.39 Å². The Labute approximate surface area is 179 Å². The van der Waals surface area contributed by atoms with Crippen LogP contribution in [0.1, 0.15) is 25.0 Å². The molecule has 1 aromatic heterocycles. The van der Waals surface area contributed by atoms with Gasteiger partial charge in [0, 0.05) is 52.5 Å². The fourth-order valence-electron chi connectivity index (χ4n) is 3.56. The van der Waals surface area contributed by atoms with Crippen molar-refractivity contribution in [3.05, 3.63) is 59.5 Å². The third-order valence-corrected chi connectivity index (χ3v) is 5.39. The number of halogens is 1. The summed E-state index contributed by atoms with van der Waals surface area (Å²) in [6.07, 6.45) is 1.93. The molecule has 1 aromatic carbocycles. The maximum absolute atomic E-state index is 13.1. The van der Waals surface area contributed by atoms with Crippen LogP contribution in [-0.2, 0) is 13.1 Å². The summed E-state index contributed by atoms with van der Waals surface area (Å²) in [5, 5.41) is 3.33. The molecular weight excluding hydrogens is 379 g/mol. The summed E-state index contributed by atoms with van der Waals surface area (Å²) in [4.78, 5) is 16.3. The van der Waals surface area contributed by atoms with Crippen LogP contribution in [0, 0.1) is 5.82 Å². The predicted molar refractivity (Wildman–Crippen MR) is 121 cm³/mol. The van der Waals surface area contributed by atoms with Crippen LogP contribution in [-0.4, -0.2) is 67.1 Å². The Hall–Kier alpha value is -2.67. The summed E-state index contributed by atoms with van der Waals surface area (Å²) in [6.45, 7) is 11.6. The van der Waals surface area contributed by atoms with Gasteiger partial charge in [0.25, 0.3) is 0 Å². The molecule has 0 atom stereocenters. The molecule has 0 unspecified atom stereocenters. The second kappa shape index (κ2) is 10.9. The molecule has 0 bridgehead atoms. The van der Waals surface area contributed by atoms with E-state index in [1.54, 1.807) is 12.1 Å². The van der Waals surface area contributed by atoms with Crippen molar-refractivity contribution >= 4 is 11.8 Å². The molecule has 2 heterocycles. The fraction of sp³-hybridized carbons (Fsp3) is 0.478. The first-order valence-electron chi connectivity index (χ1n) is 10.7. The SMILES string of the molecule is CCNC(=NCc1ccc(N2CCN(CC)CC2)nc1)N(C)Cc1ccc(F)cc1. The monoisotopic (exact) mass is 412 g/mol. The molecule has 1 saturated heterocycles. The molecule has 1 aliphatic rings. The van der Waals surface area contributed by atoms with Gasteiger partial charge in [0.2, 0.25) is 0 Å². The molecule has 0 radical (unpaired) electrons. The Bertz CT molecular complexity index is 797. The number of aromatic nitrogens is 1. The topological polar surface area (TPSA) is 47.0 Å². The van der Waals surface area contributed by atoms with Gasteiger partial charge in [-0.25, -0.2) is 14.4 Å². The smallest absolute Gasteiger partial charge is 0.194 e. The fourth-order valence-corrected chi connectivity index (χ4v) is 3.56. The largest absolute Gasteiger partial charge is 0.357 e. The number of nitrogens with one attached hydrogen (secondary N) is 1. The van der Waals surface area contributed by atoms with E-state index >= 15 is 0 Å². The zero-order chi connectivity index (χ0) is 21.3. The van der Waals surface area contributed by atoms with Gasteiger partial charge in [-0.3, -0.25) is 0 Å². The van der Waals surface area contributed by atoms with Crippen molar-refractivity contribution in [3.63, 3.8) is 0 Å². The van der Waals surface area contributed by atoms with E-state index in [1.807, 2.05) is 18.1 Å². The first-order valence-corrected chi connectivity index (χ1v) is 10.7. The van der Waals surface area contributed by atoms with Crippen molar-refractivity contribution in [1.29, 1.82) is 0 Å². The first-order chi connectivity index (χ1) is 14.6. The van der Waals surface area contributed by atoms with Crippen LogP contribution in [0.5, 0.6) is 0 Å². The lowest BCUT2D eigenvalue weighted by Gasteiger charge is -2.34. The number of rotatable bonds is 7. The number of nitrogens with zero attached hydrogens (tertiary/aromatic N) is 5. The van der Waals surface area contributed by atoms with Gasteiger partial charge in [-0.2, -0.15) is 0 Å². The van der Waals surface area contributed by atoms with Crippen LogP contribution in [0.2, 0.25) is 0 Å². The van der Waals surface area contributed by atoms with Crippen molar-refractivity contribution in [2.24, 2.45) is 4.99 Å². The number of guanidine groups is 1. The van der Waals surface area contributed by atoms with Gasteiger partial charge >= 0.3 is 0 Å². The molecule has 1 N–H and O–H groups in total. The lowest BCUT2D eigenvalue weighted by molar-refractivity contribution is 0.270. The lowest BCUT2D eigenvalue weighted by Crippen LogP contribution is -2.46. The third-order valence-electron chi connectivity index (χ3n) is 5.39. The Morgan fingerprint density at radius 3 is 2.37 bits per heavy atom. The van der Waals surface area contributed by atoms with E-state index in [1.165, 1.54) is 12.1 Å². The van der Waals surface area contributed by atoms with E-state index in [2.05, 4.69) is 46.1 Å². The molecule has 0 aliphatic carbocycles. The summed E-state index contributed by atoms with van der Waals surface area (Å²) in [7, 11) is 1.99. The van der Waals surface area contributed by atoms with E-state index in [0.717, 1.165) is 62.2 Å². The molecule has 1 fully saturated rings. The first kappa shape index (κ1) is 22.0. The molecule has 162 valence electrons. The molecule has 6 nitrogen and oxygen atoms in total. The predicted octanol–water partition coefficient (Wildman–Crippen LogP) is 2.96. The Morgan fingerprint density at radius 2 is 1.77 bits per heavy atom. The maximum Gasteiger partial charge on any atom is 0.194 e. The minimum atomic E-state index is -0.217. The number of anilines is 1. The summed E-state index contributed by atoms with van der Waals surface area (Å²) < 4.78 is 13.1. The second-order valence-corrected chi connectivity index (χ2v) is 7.60. The summed E-state index contributed by atoms with van der Waals surface area (Å²) in [6, 6.07) is 10.8. The van der Waals surface area contributed by atoms with Gasteiger partial charge in [0.05, 0.1) is 6.54 Å². The van der Waals surface area contributed by atoms with E-state index < -0.39 is 0 Å². The van der Waals surface area contributed by atoms with Crippen molar-refractivity contribution in [2.45, 2.75) is 26.9 Å². The quantitative estimate of drug-likeness (QED) is 0.560. The Balaban J connectivity index is 1.59. The number of pyridine rings is 1. The van der Waals surface area contributed by atoms with Gasteiger partial charge in [0.1, 0.15) is 11.6 Å². The average Bonchev–Trinajstić information content (AvgIpc) is 2.78. The van der Waals surface area contributed by atoms with Gasteiger partial charge in [-0.1, -0.05) is 25.1 Å². The van der Waals surface area contributed by atoms with Gasteiger partial charge in [-0.05, 0) is 42.8 Å². The van der Waals surface area contributed by atoms with Crippen LogP contribution in [0.4, 0.5) is 10.2 Å². The molecule has 7 heteroatoms. The Morgan fingerprint density at radius 1 is 1.07 bits per heavy atom. The minimum absolute atomic E-state index is 0.217.